The van der Waals surface area contributed by atoms with Crippen molar-refractivity contribution in [1.29, 1.82) is 0 Å². The van der Waals surface area contributed by atoms with Gasteiger partial charge in [-0.1, -0.05) is 75.8 Å². The highest BCUT2D eigenvalue weighted by atomic mass is 14.2. The van der Waals surface area contributed by atoms with Crippen LogP contribution in [0.1, 0.15) is 65.6 Å². The molecule has 0 nitrogen and oxygen atoms in total. The predicted octanol–water partition coefficient (Wildman–Crippen LogP) is 4.44. The fourth-order valence-electron chi connectivity index (χ4n) is 3.04. The molecule has 2 saturated carbocycles. The molecule has 0 aromatic rings. The Kier molecular flexibility index (Phi) is 3.75. The Morgan fingerprint density at radius 2 is 1.00 bits per heavy atom. The van der Waals surface area contributed by atoms with Crippen molar-refractivity contribution < 1.29 is 1.43 Å². The summed E-state index contributed by atoms with van der Waals surface area (Å²) in [6.45, 7) is 0. The minimum atomic E-state index is 0. The first kappa shape index (κ1) is 9.61. The van der Waals surface area contributed by atoms with E-state index in [1.165, 1.54) is 64.2 Å². The number of hydrogen-bond donors (Lipinski definition) is 0. The summed E-state index contributed by atoms with van der Waals surface area (Å²) in [4.78, 5) is 0. The SMILES string of the molecule is [B](C1CCCCC1)C1CCCCC1.[HH]. The van der Waals surface area contributed by atoms with Crippen LogP contribution in [0.15, 0.2) is 0 Å². The maximum atomic E-state index is 2.72. The summed E-state index contributed by atoms with van der Waals surface area (Å²) in [5.41, 5.74) is 0. The van der Waals surface area contributed by atoms with Gasteiger partial charge in [-0.2, -0.15) is 0 Å². The molecule has 2 rings (SSSR count). The smallest absolute Gasteiger partial charge is 0.0686 e. The molecule has 0 saturated heterocycles. The van der Waals surface area contributed by atoms with Crippen LogP contribution in [0.3, 0.4) is 0 Å². The molecule has 1 heteroatoms. The average molecular weight is 179 g/mol. The molecule has 2 fully saturated rings. The zero-order valence-corrected chi connectivity index (χ0v) is 8.80. The van der Waals surface area contributed by atoms with Crippen molar-refractivity contribution in [3.8, 4) is 0 Å². The monoisotopic (exact) mass is 179 g/mol. The third kappa shape index (κ3) is 3.04. The Labute approximate surface area is 85.2 Å². The van der Waals surface area contributed by atoms with Gasteiger partial charge in [-0.15, -0.1) is 0 Å². The van der Waals surface area contributed by atoms with Gasteiger partial charge < -0.3 is 0 Å². The molecule has 75 valence electrons. The summed E-state index contributed by atoms with van der Waals surface area (Å²) >= 11 is 0. The minimum Gasteiger partial charge on any atom is -0.0686 e. The molecule has 0 N–H and O–H groups in total. The van der Waals surface area contributed by atoms with Crippen LogP contribution in [-0.2, 0) is 0 Å². The van der Waals surface area contributed by atoms with Crippen LogP contribution < -0.4 is 0 Å². The molecule has 2 aliphatic carbocycles. The molecule has 0 aromatic heterocycles. The maximum absolute atomic E-state index is 2.72. The molecule has 0 bridgehead atoms. The molecule has 1 radical (unpaired) electrons. The summed E-state index contributed by atoms with van der Waals surface area (Å²) in [5.74, 6) is 1.99. The van der Waals surface area contributed by atoms with Crippen LogP contribution in [0.25, 0.3) is 0 Å². The third-order valence-electron chi connectivity index (χ3n) is 3.84. The molecule has 0 amide bonds. The highest BCUT2D eigenvalue weighted by molar-refractivity contribution is 6.39. The zero-order chi connectivity index (χ0) is 8.93. The highest BCUT2D eigenvalue weighted by Crippen LogP contribution is 2.36. The van der Waals surface area contributed by atoms with Gasteiger partial charge in [0.25, 0.3) is 0 Å². The Morgan fingerprint density at radius 1 is 0.615 bits per heavy atom. The maximum Gasteiger partial charge on any atom is 0.117 e. The highest BCUT2D eigenvalue weighted by Gasteiger charge is 2.21. The van der Waals surface area contributed by atoms with Gasteiger partial charge in [-0.3, -0.25) is 0 Å². The fourth-order valence-corrected chi connectivity index (χ4v) is 3.04. The van der Waals surface area contributed by atoms with E-state index >= 15 is 0 Å². The van der Waals surface area contributed by atoms with Crippen molar-refractivity contribution >= 4 is 7.28 Å². The fraction of sp³-hybridized carbons (Fsp3) is 1.00. The van der Waals surface area contributed by atoms with Gasteiger partial charge in [0.05, 0.1) is 0 Å². The first-order valence-electron chi connectivity index (χ1n) is 6.30. The summed E-state index contributed by atoms with van der Waals surface area (Å²) in [6, 6.07) is 0. The van der Waals surface area contributed by atoms with Gasteiger partial charge >= 0.3 is 0 Å². The molecule has 0 aliphatic heterocycles. The van der Waals surface area contributed by atoms with Crippen molar-refractivity contribution in [2.45, 2.75) is 75.8 Å². The summed E-state index contributed by atoms with van der Waals surface area (Å²) in [7, 11) is 2.72. The topological polar surface area (TPSA) is 0 Å². The van der Waals surface area contributed by atoms with E-state index in [0.29, 0.717) is 0 Å². The van der Waals surface area contributed by atoms with Gasteiger partial charge in [-0.25, -0.2) is 0 Å². The van der Waals surface area contributed by atoms with Gasteiger partial charge in [0.1, 0.15) is 7.28 Å². The zero-order valence-electron chi connectivity index (χ0n) is 8.80. The van der Waals surface area contributed by atoms with Crippen molar-refractivity contribution in [2.24, 2.45) is 0 Å². The van der Waals surface area contributed by atoms with E-state index in [2.05, 4.69) is 7.28 Å². The largest absolute Gasteiger partial charge is 0.117 e. The normalized spacial score (nSPS) is 27.4. The predicted molar refractivity (Wildman–Crippen MR) is 61.5 cm³/mol. The molecule has 2 aliphatic rings. The van der Waals surface area contributed by atoms with E-state index < -0.39 is 0 Å². The molecule has 0 unspecified atom stereocenters. The summed E-state index contributed by atoms with van der Waals surface area (Å²) in [6.07, 6.45) is 15.0. The third-order valence-corrected chi connectivity index (χ3v) is 3.84. The van der Waals surface area contributed by atoms with Crippen molar-refractivity contribution in [3.05, 3.63) is 0 Å². The van der Waals surface area contributed by atoms with E-state index in [4.69, 9.17) is 0 Å². The summed E-state index contributed by atoms with van der Waals surface area (Å²) < 4.78 is 0. The van der Waals surface area contributed by atoms with Crippen LogP contribution in [-0.4, -0.2) is 7.28 Å². The van der Waals surface area contributed by atoms with Crippen molar-refractivity contribution in [2.75, 3.05) is 0 Å². The van der Waals surface area contributed by atoms with Gasteiger partial charge in [0.15, 0.2) is 0 Å². The van der Waals surface area contributed by atoms with E-state index in [9.17, 15) is 0 Å². The number of hydrogen-bond acceptors (Lipinski definition) is 0. The molecular weight excluding hydrogens is 155 g/mol. The molecule has 0 atom stereocenters. The Bertz CT molecular complexity index is 121. The van der Waals surface area contributed by atoms with Crippen LogP contribution in [0.5, 0.6) is 0 Å². The second kappa shape index (κ2) is 5.07. The lowest BCUT2D eigenvalue weighted by Gasteiger charge is -2.27. The lowest BCUT2D eigenvalue weighted by Crippen LogP contribution is -2.16. The van der Waals surface area contributed by atoms with Crippen molar-refractivity contribution in [3.63, 3.8) is 0 Å². The first-order valence-corrected chi connectivity index (χ1v) is 6.30. The van der Waals surface area contributed by atoms with Crippen LogP contribution in [0.4, 0.5) is 0 Å². The molecule has 0 spiro atoms. The van der Waals surface area contributed by atoms with Crippen LogP contribution in [0, 0.1) is 0 Å². The van der Waals surface area contributed by atoms with Crippen LogP contribution >= 0.6 is 0 Å². The summed E-state index contributed by atoms with van der Waals surface area (Å²) in [5, 5.41) is 0. The van der Waals surface area contributed by atoms with E-state index in [0.717, 1.165) is 11.6 Å². The Hall–Kier alpha value is 0.0649. The second-order valence-electron chi connectivity index (χ2n) is 4.99. The lowest BCUT2D eigenvalue weighted by atomic mass is 9.48. The van der Waals surface area contributed by atoms with Crippen molar-refractivity contribution in [1.82, 2.24) is 0 Å². The second-order valence-corrected chi connectivity index (χ2v) is 4.99. The molecular formula is C12H24B. The minimum absolute atomic E-state index is 0. The first-order chi connectivity index (χ1) is 6.45. The van der Waals surface area contributed by atoms with Crippen LogP contribution in [0.2, 0.25) is 11.6 Å². The van der Waals surface area contributed by atoms with Gasteiger partial charge in [0, 0.05) is 1.43 Å². The van der Waals surface area contributed by atoms with E-state index in [1.54, 1.807) is 0 Å². The standard InChI is InChI=1S/C12H22B.H2/c1-3-7-11(8-4-1)13-12-9-5-2-6-10-12;/h11-12H,1-10H2;1H. The Morgan fingerprint density at radius 3 is 1.38 bits per heavy atom. The van der Waals surface area contributed by atoms with E-state index in [1.807, 2.05) is 0 Å². The number of rotatable bonds is 2. The van der Waals surface area contributed by atoms with E-state index in [-0.39, 0.29) is 1.43 Å². The molecule has 0 heterocycles. The van der Waals surface area contributed by atoms with Gasteiger partial charge in [-0.05, 0) is 0 Å². The molecule has 0 aromatic carbocycles. The molecule has 13 heavy (non-hydrogen) atoms. The quantitative estimate of drug-likeness (QED) is 0.549. The van der Waals surface area contributed by atoms with Gasteiger partial charge in [0.2, 0.25) is 0 Å². The lowest BCUT2D eigenvalue weighted by molar-refractivity contribution is 0.470. The average Bonchev–Trinajstić information content (AvgIpc) is 2.21. The Balaban J connectivity index is 0.000000980.